The number of hydrogen-bond acceptors (Lipinski definition) is 3. The summed E-state index contributed by atoms with van der Waals surface area (Å²) in [5.41, 5.74) is 7.92. The number of nitrogens with zero attached hydrogens (tertiary/aromatic N) is 3. The molecular formula is C18H31ClN4. The topological polar surface area (TPSA) is 32.5 Å². The van der Waals surface area contributed by atoms with Gasteiger partial charge in [0.2, 0.25) is 0 Å². The molecule has 5 heteroatoms. The molecule has 0 atom stereocenters. The maximum atomic E-state index is 5.77. The van der Waals surface area contributed by atoms with Crippen molar-refractivity contribution < 1.29 is 16.9 Å². The molecule has 0 radical (unpaired) electrons. The molecule has 2 aliphatic heterocycles. The summed E-state index contributed by atoms with van der Waals surface area (Å²) in [7, 11) is 2.44. The van der Waals surface area contributed by atoms with Crippen LogP contribution in [0, 0.1) is 0 Å². The summed E-state index contributed by atoms with van der Waals surface area (Å²) in [6, 6.07) is 8.29. The Labute approximate surface area is 147 Å². The summed E-state index contributed by atoms with van der Waals surface area (Å²) in [5.74, 6) is 0. The van der Waals surface area contributed by atoms with E-state index in [1.54, 1.807) is 0 Å². The number of nitrogen functional groups attached to an aromatic ring is 1. The van der Waals surface area contributed by atoms with Crippen LogP contribution in [0.25, 0.3) is 0 Å². The van der Waals surface area contributed by atoms with Crippen molar-refractivity contribution in [2.24, 2.45) is 0 Å². The van der Waals surface area contributed by atoms with E-state index in [1.165, 1.54) is 68.7 Å². The first-order chi connectivity index (χ1) is 10.6. The summed E-state index contributed by atoms with van der Waals surface area (Å²) in [6.45, 7) is 10.1. The van der Waals surface area contributed by atoms with Crippen molar-refractivity contribution in [1.82, 2.24) is 4.90 Å². The van der Waals surface area contributed by atoms with E-state index in [2.05, 4.69) is 29.0 Å². The number of piperazine rings is 1. The molecule has 4 nitrogen and oxygen atoms in total. The van der Waals surface area contributed by atoms with Gasteiger partial charge in [0, 0.05) is 63.4 Å². The van der Waals surface area contributed by atoms with Gasteiger partial charge in [-0.2, -0.15) is 0 Å². The van der Waals surface area contributed by atoms with Crippen LogP contribution >= 0.6 is 0 Å². The molecule has 0 spiro atoms. The highest BCUT2D eigenvalue weighted by molar-refractivity contribution is 5.53. The Kier molecular flexibility index (Phi) is 6.57. The summed E-state index contributed by atoms with van der Waals surface area (Å²) >= 11 is 0. The first kappa shape index (κ1) is 18.4. The fourth-order valence-electron chi connectivity index (χ4n) is 3.91. The summed E-state index contributed by atoms with van der Waals surface area (Å²) in [5, 5.41) is 0. The van der Waals surface area contributed by atoms with Crippen molar-refractivity contribution in [2.75, 3.05) is 70.0 Å². The van der Waals surface area contributed by atoms with Crippen LogP contribution in [-0.4, -0.2) is 68.8 Å². The average Bonchev–Trinajstić information content (AvgIpc) is 2.96. The lowest BCUT2D eigenvalue weighted by Crippen LogP contribution is -3.00. The minimum absolute atomic E-state index is 0. The number of rotatable bonds is 5. The van der Waals surface area contributed by atoms with E-state index >= 15 is 0 Å². The Morgan fingerprint density at radius 1 is 1.00 bits per heavy atom. The van der Waals surface area contributed by atoms with Crippen LogP contribution in [-0.2, 0) is 0 Å². The molecule has 130 valence electrons. The lowest BCUT2D eigenvalue weighted by Gasteiger charge is -2.37. The lowest BCUT2D eigenvalue weighted by molar-refractivity contribution is -0.897. The first-order valence-electron chi connectivity index (χ1n) is 8.81. The Bertz CT molecular complexity index is 462. The molecule has 2 heterocycles. The number of halogens is 1. The van der Waals surface area contributed by atoms with Crippen molar-refractivity contribution in [2.45, 2.75) is 19.3 Å². The standard InChI is InChI=1S/C18H31N4.ClH/c1-22(14-2-3-15-22)16-4-9-20-10-12-21(13-11-20)18-7-5-17(19)6-8-18;/h5-8H,2-4,9-16,19H2,1H3;1H/q+1;/p-1. The minimum atomic E-state index is 0. The van der Waals surface area contributed by atoms with Gasteiger partial charge in [-0.3, -0.25) is 4.90 Å². The predicted octanol–water partition coefficient (Wildman–Crippen LogP) is -0.975. The smallest absolute Gasteiger partial charge is 0.0796 e. The summed E-state index contributed by atoms with van der Waals surface area (Å²) in [4.78, 5) is 5.11. The van der Waals surface area contributed by atoms with Crippen LogP contribution in [0.4, 0.5) is 11.4 Å². The average molecular weight is 339 g/mol. The third-order valence-corrected chi connectivity index (χ3v) is 5.45. The Balaban J connectivity index is 0.00000192. The third-order valence-electron chi connectivity index (χ3n) is 5.45. The molecule has 0 saturated carbocycles. The molecule has 1 aromatic carbocycles. The quantitative estimate of drug-likeness (QED) is 0.553. The zero-order valence-electron chi connectivity index (χ0n) is 14.4. The van der Waals surface area contributed by atoms with Gasteiger partial charge in [-0.05, 0) is 24.3 Å². The molecule has 0 aromatic heterocycles. The number of likely N-dealkylation sites (tertiary alicyclic amines) is 1. The van der Waals surface area contributed by atoms with Crippen molar-refractivity contribution in [3.8, 4) is 0 Å². The number of benzene rings is 1. The van der Waals surface area contributed by atoms with E-state index in [0.717, 1.165) is 18.8 Å². The number of nitrogens with two attached hydrogens (primary N) is 1. The van der Waals surface area contributed by atoms with E-state index in [-0.39, 0.29) is 12.4 Å². The van der Waals surface area contributed by atoms with Crippen molar-refractivity contribution >= 4 is 11.4 Å². The Hall–Kier alpha value is -0.970. The van der Waals surface area contributed by atoms with E-state index < -0.39 is 0 Å². The minimum Gasteiger partial charge on any atom is -1.00 e. The Morgan fingerprint density at radius 3 is 2.22 bits per heavy atom. The maximum Gasteiger partial charge on any atom is 0.0796 e. The van der Waals surface area contributed by atoms with Gasteiger partial charge in [-0.25, -0.2) is 0 Å². The van der Waals surface area contributed by atoms with Gasteiger partial charge < -0.3 is 27.5 Å². The molecule has 2 fully saturated rings. The van der Waals surface area contributed by atoms with Crippen molar-refractivity contribution in [3.05, 3.63) is 24.3 Å². The monoisotopic (exact) mass is 338 g/mol. The second-order valence-corrected chi connectivity index (χ2v) is 7.27. The van der Waals surface area contributed by atoms with Gasteiger partial charge in [0.25, 0.3) is 0 Å². The van der Waals surface area contributed by atoms with Crippen LogP contribution in [0.3, 0.4) is 0 Å². The van der Waals surface area contributed by atoms with E-state index in [1.807, 2.05) is 12.1 Å². The van der Waals surface area contributed by atoms with Crippen molar-refractivity contribution in [1.29, 1.82) is 0 Å². The molecule has 3 rings (SSSR count). The van der Waals surface area contributed by atoms with Crippen LogP contribution in [0.15, 0.2) is 24.3 Å². The van der Waals surface area contributed by atoms with Crippen LogP contribution in [0.5, 0.6) is 0 Å². The molecular weight excluding hydrogens is 308 g/mol. The van der Waals surface area contributed by atoms with Gasteiger partial charge in [0.15, 0.2) is 0 Å². The highest BCUT2D eigenvalue weighted by atomic mass is 35.5. The Morgan fingerprint density at radius 2 is 1.61 bits per heavy atom. The van der Waals surface area contributed by atoms with Gasteiger partial charge in [0.05, 0.1) is 26.7 Å². The maximum absolute atomic E-state index is 5.77. The molecule has 0 bridgehead atoms. The molecule has 2 saturated heterocycles. The zero-order chi connectivity index (χ0) is 15.4. The van der Waals surface area contributed by atoms with Gasteiger partial charge in [-0.15, -0.1) is 0 Å². The molecule has 0 unspecified atom stereocenters. The summed E-state index contributed by atoms with van der Waals surface area (Å²) < 4.78 is 1.31. The number of anilines is 2. The molecule has 2 N–H and O–H groups in total. The zero-order valence-corrected chi connectivity index (χ0v) is 15.1. The van der Waals surface area contributed by atoms with Crippen LogP contribution in [0.2, 0.25) is 0 Å². The number of quaternary nitrogens is 1. The first-order valence-corrected chi connectivity index (χ1v) is 8.81. The van der Waals surface area contributed by atoms with E-state index in [0.29, 0.717) is 0 Å². The van der Waals surface area contributed by atoms with Gasteiger partial charge in [0.1, 0.15) is 0 Å². The van der Waals surface area contributed by atoms with Crippen LogP contribution in [0.1, 0.15) is 19.3 Å². The molecule has 2 aliphatic rings. The second kappa shape index (κ2) is 8.22. The predicted molar refractivity (Wildman–Crippen MR) is 94.1 cm³/mol. The van der Waals surface area contributed by atoms with Crippen LogP contribution < -0.4 is 23.0 Å². The SMILES string of the molecule is C[N+]1(CCCN2CCN(c3ccc(N)cc3)CC2)CCCC1.[Cl-]. The molecule has 1 aromatic rings. The lowest BCUT2D eigenvalue weighted by atomic mass is 10.2. The van der Waals surface area contributed by atoms with E-state index in [9.17, 15) is 0 Å². The van der Waals surface area contributed by atoms with E-state index in [4.69, 9.17) is 5.73 Å². The largest absolute Gasteiger partial charge is 1.00 e. The fourth-order valence-corrected chi connectivity index (χ4v) is 3.91. The highest BCUT2D eigenvalue weighted by Gasteiger charge is 2.26. The fraction of sp³-hybridized carbons (Fsp3) is 0.667. The molecule has 0 amide bonds. The van der Waals surface area contributed by atoms with Gasteiger partial charge >= 0.3 is 0 Å². The molecule has 23 heavy (non-hydrogen) atoms. The normalized spacial score (nSPS) is 21.2. The third kappa shape index (κ3) is 5.00. The highest BCUT2D eigenvalue weighted by Crippen LogP contribution is 2.19. The second-order valence-electron chi connectivity index (χ2n) is 7.27. The van der Waals surface area contributed by atoms with Gasteiger partial charge in [-0.1, -0.05) is 0 Å². The molecule has 0 aliphatic carbocycles. The number of hydrogen-bond donors (Lipinski definition) is 1. The summed E-state index contributed by atoms with van der Waals surface area (Å²) in [6.07, 6.45) is 4.20. The van der Waals surface area contributed by atoms with Crippen molar-refractivity contribution in [3.63, 3.8) is 0 Å².